The van der Waals surface area contributed by atoms with Crippen molar-refractivity contribution in [3.8, 4) is 0 Å². The number of carbonyl (C=O) groups is 1. The first kappa shape index (κ1) is 14.5. The highest BCUT2D eigenvalue weighted by molar-refractivity contribution is 5.96. The number of amides is 1. The molecule has 1 saturated heterocycles. The normalized spacial score (nSPS) is 17.9. The Labute approximate surface area is 129 Å². The third-order valence-corrected chi connectivity index (χ3v) is 3.84. The molecule has 1 atom stereocenters. The van der Waals surface area contributed by atoms with Gasteiger partial charge in [-0.05, 0) is 25.0 Å². The Bertz CT molecular complexity index is 651. The molecule has 0 N–H and O–H groups in total. The topological polar surface area (TPSA) is 59.2 Å². The van der Waals surface area contributed by atoms with Crippen molar-refractivity contribution < 1.29 is 9.32 Å². The predicted octanol–water partition coefficient (Wildman–Crippen LogP) is 3.10. The molecule has 2 heterocycles. The summed E-state index contributed by atoms with van der Waals surface area (Å²) in [5.74, 6) is 1.39. The maximum absolute atomic E-state index is 12.2. The van der Waals surface area contributed by atoms with E-state index in [-0.39, 0.29) is 11.8 Å². The number of carbonyl (C=O) groups excluding carboxylic acids is 1. The molecule has 5 nitrogen and oxygen atoms in total. The molecule has 1 aliphatic heterocycles. The largest absolute Gasteiger partial charge is 0.339 e. The van der Waals surface area contributed by atoms with Gasteiger partial charge in [0.1, 0.15) is 0 Å². The van der Waals surface area contributed by atoms with E-state index in [0.717, 1.165) is 24.9 Å². The molecule has 1 fully saturated rings. The number of benzene rings is 1. The van der Waals surface area contributed by atoms with E-state index in [2.05, 4.69) is 16.7 Å². The van der Waals surface area contributed by atoms with E-state index in [1.165, 1.54) is 0 Å². The van der Waals surface area contributed by atoms with Crippen LogP contribution in [0.25, 0.3) is 0 Å². The third kappa shape index (κ3) is 3.08. The van der Waals surface area contributed by atoms with Crippen molar-refractivity contribution in [1.82, 2.24) is 10.1 Å². The highest BCUT2D eigenvalue weighted by Gasteiger charge is 2.34. The first-order valence-electron chi connectivity index (χ1n) is 7.56. The Morgan fingerprint density at radius 3 is 2.95 bits per heavy atom. The Kier molecular flexibility index (Phi) is 4.32. The molecule has 0 aliphatic carbocycles. The number of para-hydroxylation sites is 1. The van der Waals surface area contributed by atoms with Crippen LogP contribution in [0.2, 0.25) is 0 Å². The van der Waals surface area contributed by atoms with Crippen molar-refractivity contribution in [2.24, 2.45) is 0 Å². The lowest BCUT2D eigenvalue weighted by atomic mass is 10.1. The van der Waals surface area contributed by atoms with E-state index < -0.39 is 0 Å². The molecule has 0 radical (unpaired) electrons. The highest BCUT2D eigenvalue weighted by atomic mass is 16.5. The summed E-state index contributed by atoms with van der Waals surface area (Å²) in [5.41, 5.74) is 0.921. The Balaban J connectivity index is 1.67. The van der Waals surface area contributed by atoms with Crippen LogP contribution in [0.3, 0.4) is 0 Å². The minimum absolute atomic E-state index is 0.00427. The van der Waals surface area contributed by atoms with E-state index in [0.29, 0.717) is 24.7 Å². The summed E-state index contributed by atoms with van der Waals surface area (Å²) >= 11 is 0. The number of aryl methyl sites for hydroxylation is 1. The number of nitrogens with zero attached hydrogens (tertiary/aromatic N) is 3. The third-order valence-electron chi connectivity index (χ3n) is 3.84. The summed E-state index contributed by atoms with van der Waals surface area (Å²) in [7, 11) is 0. The lowest BCUT2D eigenvalue weighted by molar-refractivity contribution is -0.117. The minimum atomic E-state index is 0.00427. The molecular formula is C17H19N3O2. The molecule has 1 amide bonds. The van der Waals surface area contributed by atoms with Gasteiger partial charge < -0.3 is 9.42 Å². The van der Waals surface area contributed by atoms with Crippen LogP contribution in [0.5, 0.6) is 0 Å². The molecule has 0 spiro atoms. The molecule has 0 bridgehead atoms. The van der Waals surface area contributed by atoms with Gasteiger partial charge in [-0.2, -0.15) is 4.98 Å². The minimum Gasteiger partial charge on any atom is -0.339 e. The van der Waals surface area contributed by atoms with Gasteiger partial charge >= 0.3 is 0 Å². The van der Waals surface area contributed by atoms with Crippen LogP contribution in [-0.2, 0) is 11.2 Å². The first-order chi connectivity index (χ1) is 10.8. The van der Waals surface area contributed by atoms with Crippen molar-refractivity contribution in [1.29, 1.82) is 0 Å². The lowest BCUT2D eigenvalue weighted by Gasteiger charge is -2.15. The van der Waals surface area contributed by atoms with E-state index in [1.807, 2.05) is 36.4 Å². The molecule has 114 valence electrons. The highest BCUT2D eigenvalue weighted by Crippen LogP contribution is 2.30. The number of hydrogen-bond donors (Lipinski definition) is 0. The van der Waals surface area contributed by atoms with Crippen LogP contribution in [0.4, 0.5) is 5.69 Å². The van der Waals surface area contributed by atoms with Gasteiger partial charge in [-0.3, -0.25) is 4.79 Å². The van der Waals surface area contributed by atoms with Gasteiger partial charge in [0.2, 0.25) is 11.8 Å². The van der Waals surface area contributed by atoms with E-state index in [1.54, 1.807) is 4.90 Å². The molecule has 2 aromatic rings. The van der Waals surface area contributed by atoms with Gasteiger partial charge in [0, 0.05) is 31.0 Å². The van der Waals surface area contributed by atoms with Crippen LogP contribution in [0, 0.1) is 0 Å². The molecule has 0 unspecified atom stereocenters. The molecule has 22 heavy (non-hydrogen) atoms. The number of aromatic nitrogens is 2. The first-order valence-corrected chi connectivity index (χ1v) is 7.56. The molecule has 5 heteroatoms. The van der Waals surface area contributed by atoms with Gasteiger partial charge in [0.25, 0.3) is 0 Å². The van der Waals surface area contributed by atoms with Crippen LogP contribution >= 0.6 is 0 Å². The van der Waals surface area contributed by atoms with Crippen molar-refractivity contribution in [3.05, 3.63) is 54.7 Å². The monoisotopic (exact) mass is 297 g/mol. The summed E-state index contributed by atoms with van der Waals surface area (Å²) in [6.45, 7) is 4.30. The van der Waals surface area contributed by atoms with Gasteiger partial charge in [-0.25, -0.2) is 0 Å². The van der Waals surface area contributed by atoms with Gasteiger partial charge in [-0.1, -0.05) is 29.4 Å². The number of allylic oxidation sites excluding steroid dienone is 1. The molecule has 0 saturated carbocycles. The zero-order chi connectivity index (χ0) is 15.4. The van der Waals surface area contributed by atoms with Crippen LogP contribution in [0.15, 0.2) is 47.5 Å². The van der Waals surface area contributed by atoms with Crippen molar-refractivity contribution in [3.63, 3.8) is 0 Å². The SMILES string of the molecule is C=CCCCc1nc([C@@H]2CC(=O)N(c3ccccc3)C2)no1. The lowest BCUT2D eigenvalue weighted by Crippen LogP contribution is -2.24. The molecule has 1 aromatic carbocycles. The zero-order valence-corrected chi connectivity index (χ0v) is 12.4. The summed E-state index contributed by atoms with van der Waals surface area (Å²) in [5, 5.41) is 4.05. The summed E-state index contributed by atoms with van der Waals surface area (Å²) in [6.07, 6.45) is 4.94. The quantitative estimate of drug-likeness (QED) is 0.607. The fraction of sp³-hybridized carbons (Fsp3) is 0.353. The second kappa shape index (κ2) is 6.56. The fourth-order valence-corrected chi connectivity index (χ4v) is 2.67. The fourth-order valence-electron chi connectivity index (χ4n) is 2.67. The molecule has 1 aromatic heterocycles. The van der Waals surface area contributed by atoms with Crippen molar-refractivity contribution >= 4 is 11.6 Å². The van der Waals surface area contributed by atoms with Crippen LogP contribution in [-0.4, -0.2) is 22.6 Å². The van der Waals surface area contributed by atoms with E-state index in [9.17, 15) is 4.79 Å². The second-order valence-electron chi connectivity index (χ2n) is 5.47. The van der Waals surface area contributed by atoms with Gasteiger partial charge in [0.05, 0.1) is 0 Å². The zero-order valence-electron chi connectivity index (χ0n) is 12.4. The van der Waals surface area contributed by atoms with Gasteiger partial charge in [0.15, 0.2) is 5.82 Å². The van der Waals surface area contributed by atoms with Crippen molar-refractivity contribution in [2.75, 3.05) is 11.4 Å². The standard InChI is InChI=1S/C17H19N3O2/c1-2-3-5-10-15-18-17(19-22-15)13-11-16(21)20(12-13)14-8-6-4-7-9-14/h2,4,6-9,13H,1,3,5,10-12H2/t13-/m1/s1. The van der Waals surface area contributed by atoms with E-state index in [4.69, 9.17) is 4.52 Å². The smallest absolute Gasteiger partial charge is 0.227 e. The number of rotatable bonds is 6. The molecular weight excluding hydrogens is 278 g/mol. The number of anilines is 1. The summed E-state index contributed by atoms with van der Waals surface area (Å²) < 4.78 is 5.27. The average Bonchev–Trinajstić information content (AvgIpc) is 3.15. The van der Waals surface area contributed by atoms with Gasteiger partial charge in [-0.15, -0.1) is 6.58 Å². The van der Waals surface area contributed by atoms with Crippen LogP contribution in [0.1, 0.15) is 36.9 Å². The average molecular weight is 297 g/mol. The van der Waals surface area contributed by atoms with E-state index >= 15 is 0 Å². The van der Waals surface area contributed by atoms with Crippen LogP contribution < -0.4 is 4.90 Å². The Morgan fingerprint density at radius 2 is 2.18 bits per heavy atom. The number of hydrogen-bond acceptors (Lipinski definition) is 4. The maximum Gasteiger partial charge on any atom is 0.227 e. The predicted molar refractivity (Wildman–Crippen MR) is 83.6 cm³/mol. The second-order valence-corrected chi connectivity index (χ2v) is 5.47. The molecule has 3 rings (SSSR count). The molecule has 1 aliphatic rings. The summed E-state index contributed by atoms with van der Waals surface area (Å²) in [4.78, 5) is 18.4. The number of unbranched alkanes of at least 4 members (excludes halogenated alkanes) is 1. The summed E-state index contributed by atoms with van der Waals surface area (Å²) in [6, 6.07) is 9.69. The maximum atomic E-state index is 12.2. The Morgan fingerprint density at radius 1 is 1.36 bits per heavy atom. The Hall–Kier alpha value is -2.43. The van der Waals surface area contributed by atoms with Crippen molar-refractivity contribution in [2.45, 2.75) is 31.6 Å².